The molecule has 1 N–H and O–H groups in total. The Balaban J connectivity index is 1.87. The summed E-state index contributed by atoms with van der Waals surface area (Å²) in [4.78, 5) is 19.1. The third kappa shape index (κ3) is 5.36. The number of urea groups is 1. The number of benzene rings is 1. The van der Waals surface area contributed by atoms with Gasteiger partial charge in [0.1, 0.15) is 0 Å². The van der Waals surface area contributed by atoms with Crippen LogP contribution in [0.5, 0.6) is 0 Å². The maximum absolute atomic E-state index is 12.5. The summed E-state index contributed by atoms with van der Waals surface area (Å²) in [5.41, 5.74) is 0.776. The molecule has 134 valence electrons. The monoisotopic (exact) mass is 352 g/mol. The molecule has 6 heteroatoms. The molecule has 0 bridgehead atoms. The normalized spacial score (nSPS) is 22.0. The Hall–Kier alpha value is -1.30. The highest BCUT2D eigenvalue weighted by Gasteiger charge is 2.31. The molecule has 0 spiro atoms. The average molecular weight is 353 g/mol. The van der Waals surface area contributed by atoms with Crippen LogP contribution in [-0.2, 0) is 0 Å². The molecule has 1 saturated heterocycles. The van der Waals surface area contributed by atoms with E-state index in [0.29, 0.717) is 17.1 Å². The Bertz CT molecular complexity index is 522. The first kappa shape index (κ1) is 19.0. The predicted molar refractivity (Wildman–Crippen MR) is 101 cm³/mol. The topological polar surface area (TPSA) is 38.8 Å². The van der Waals surface area contributed by atoms with E-state index in [9.17, 15) is 4.79 Å². The van der Waals surface area contributed by atoms with Crippen LogP contribution in [0.1, 0.15) is 20.3 Å². The van der Waals surface area contributed by atoms with Crippen molar-refractivity contribution in [3.63, 3.8) is 0 Å². The first-order chi connectivity index (χ1) is 11.4. The van der Waals surface area contributed by atoms with Crippen molar-refractivity contribution in [1.82, 2.24) is 14.7 Å². The second kappa shape index (κ2) is 8.70. The van der Waals surface area contributed by atoms with Gasteiger partial charge in [0.15, 0.2) is 0 Å². The molecule has 1 aromatic carbocycles. The van der Waals surface area contributed by atoms with Gasteiger partial charge in [0.25, 0.3) is 0 Å². The van der Waals surface area contributed by atoms with Crippen LogP contribution >= 0.6 is 11.6 Å². The SMILES string of the molecule is CC1CN(C(=O)Nc2ccc(Cl)cc2)CC(C)N1CCCN(C)C. The molecule has 1 heterocycles. The molecule has 2 amide bonds. The van der Waals surface area contributed by atoms with E-state index in [1.807, 2.05) is 17.0 Å². The fourth-order valence-corrected chi connectivity index (χ4v) is 3.39. The summed E-state index contributed by atoms with van der Waals surface area (Å²) < 4.78 is 0. The molecule has 2 rings (SSSR count). The van der Waals surface area contributed by atoms with Gasteiger partial charge in [-0.05, 0) is 65.2 Å². The van der Waals surface area contributed by atoms with E-state index < -0.39 is 0 Å². The lowest BCUT2D eigenvalue weighted by molar-refractivity contribution is 0.0565. The van der Waals surface area contributed by atoms with E-state index in [0.717, 1.165) is 38.3 Å². The molecular formula is C18H29ClN4O. The zero-order valence-electron chi connectivity index (χ0n) is 15.1. The maximum Gasteiger partial charge on any atom is 0.321 e. The Kier molecular flexibility index (Phi) is 6.90. The Morgan fingerprint density at radius 3 is 2.33 bits per heavy atom. The van der Waals surface area contributed by atoms with Crippen LogP contribution in [0, 0.1) is 0 Å². The van der Waals surface area contributed by atoms with Gasteiger partial charge in [0.2, 0.25) is 0 Å². The summed E-state index contributed by atoms with van der Waals surface area (Å²) in [6, 6.07) is 7.91. The quantitative estimate of drug-likeness (QED) is 0.884. The average Bonchev–Trinajstić information content (AvgIpc) is 2.51. The number of hydrogen-bond donors (Lipinski definition) is 1. The largest absolute Gasteiger partial charge is 0.321 e. The molecule has 0 aliphatic carbocycles. The number of carbonyl (C=O) groups excluding carboxylic acids is 1. The van der Waals surface area contributed by atoms with Gasteiger partial charge in [0, 0.05) is 42.4 Å². The minimum Gasteiger partial charge on any atom is -0.321 e. The third-order valence-electron chi connectivity index (χ3n) is 4.51. The van der Waals surface area contributed by atoms with E-state index in [1.54, 1.807) is 12.1 Å². The Morgan fingerprint density at radius 1 is 1.21 bits per heavy atom. The highest BCUT2D eigenvalue weighted by atomic mass is 35.5. The summed E-state index contributed by atoms with van der Waals surface area (Å²) in [6.07, 6.45) is 1.15. The van der Waals surface area contributed by atoms with Gasteiger partial charge in [-0.15, -0.1) is 0 Å². The molecular weight excluding hydrogens is 324 g/mol. The van der Waals surface area contributed by atoms with Crippen LogP contribution in [0.25, 0.3) is 0 Å². The molecule has 24 heavy (non-hydrogen) atoms. The molecule has 1 aliphatic rings. The fourth-order valence-electron chi connectivity index (χ4n) is 3.27. The van der Waals surface area contributed by atoms with Gasteiger partial charge in [-0.3, -0.25) is 4.90 Å². The number of anilines is 1. The first-order valence-electron chi connectivity index (χ1n) is 8.59. The van der Waals surface area contributed by atoms with E-state index >= 15 is 0 Å². The molecule has 0 saturated carbocycles. The maximum atomic E-state index is 12.5. The molecule has 5 nitrogen and oxygen atoms in total. The van der Waals surface area contributed by atoms with Crippen molar-refractivity contribution in [1.29, 1.82) is 0 Å². The lowest BCUT2D eigenvalue weighted by atomic mass is 10.1. The number of carbonyl (C=O) groups is 1. The second-order valence-corrected chi connectivity index (χ2v) is 7.37. The van der Waals surface area contributed by atoms with Gasteiger partial charge in [0.05, 0.1) is 0 Å². The third-order valence-corrected chi connectivity index (χ3v) is 4.76. The predicted octanol–water partition coefficient (Wildman–Crippen LogP) is 3.22. The van der Waals surface area contributed by atoms with Crippen LogP contribution in [0.15, 0.2) is 24.3 Å². The van der Waals surface area contributed by atoms with E-state index in [2.05, 4.69) is 43.1 Å². The summed E-state index contributed by atoms with van der Waals surface area (Å²) in [5.74, 6) is 0. The summed E-state index contributed by atoms with van der Waals surface area (Å²) in [7, 11) is 4.21. The highest BCUT2D eigenvalue weighted by Crippen LogP contribution is 2.18. The van der Waals surface area contributed by atoms with Gasteiger partial charge >= 0.3 is 6.03 Å². The Morgan fingerprint density at radius 2 is 1.79 bits per heavy atom. The number of piperazine rings is 1. The smallest absolute Gasteiger partial charge is 0.321 e. The van der Waals surface area contributed by atoms with Crippen LogP contribution < -0.4 is 5.32 Å². The molecule has 2 unspecified atom stereocenters. The van der Waals surface area contributed by atoms with Crippen molar-refractivity contribution in [2.75, 3.05) is 45.6 Å². The van der Waals surface area contributed by atoms with Crippen LogP contribution in [-0.4, -0.2) is 73.1 Å². The Labute approximate surface area is 150 Å². The van der Waals surface area contributed by atoms with E-state index in [4.69, 9.17) is 11.6 Å². The molecule has 1 aromatic rings. The van der Waals surface area contributed by atoms with Gasteiger partial charge in [-0.2, -0.15) is 0 Å². The van der Waals surface area contributed by atoms with Crippen molar-refractivity contribution in [3.05, 3.63) is 29.3 Å². The summed E-state index contributed by atoms with van der Waals surface area (Å²) in [6.45, 7) is 8.09. The van der Waals surface area contributed by atoms with Gasteiger partial charge in [-0.25, -0.2) is 4.79 Å². The standard InChI is InChI=1S/C18H29ClN4O/c1-14-12-22(13-15(2)23(14)11-5-10-21(3)4)18(24)20-17-8-6-16(19)7-9-17/h6-9,14-15H,5,10-13H2,1-4H3,(H,20,24). The molecule has 1 aliphatic heterocycles. The molecule has 0 aromatic heterocycles. The lowest BCUT2D eigenvalue weighted by Gasteiger charge is -2.44. The summed E-state index contributed by atoms with van der Waals surface area (Å²) >= 11 is 5.88. The minimum absolute atomic E-state index is 0.0380. The number of rotatable bonds is 5. The molecule has 2 atom stereocenters. The van der Waals surface area contributed by atoms with Gasteiger partial charge in [-0.1, -0.05) is 11.6 Å². The number of amides is 2. The number of hydrogen-bond acceptors (Lipinski definition) is 3. The number of halogens is 1. The lowest BCUT2D eigenvalue weighted by Crippen LogP contribution is -2.59. The van der Waals surface area contributed by atoms with E-state index in [1.165, 1.54) is 0 Å². The summed E-state index contributed by atoms with van der Waals surface area (Å²) in [5, 5.41) is 3.62. The van der Waals surface area contributed by atoms with Crippen LogP contribution in [0.2, 0.25) is 5.02 Å². The van der Waals surface area contributed by atoms with Crippen molar-refractivity contribution in [2.45, 2.75) is 32.4 Å². The zero-order valence-corrected chi connectivity index (χ0v) is 15.9. The first-order valence-corrected chi connectivity index (χ1v) is 8.96. The van der Waals surface area contributed by atoms with Crippen molar-refractivity contribution >= 4 is 23.3 Å². The number of nitrogens with zero attached hydrogens (tertiary/aromatic N) is 3. The molecule has 0 radical (unpaired) electrons. The van der Waals surface area contributed by atoms with Crippen molar-refractivity contribution in [3.8, 4) is 0 Å². The van der Waals surface area contributed by atoms with Crippen LogP contribution in [0.4, 0.5) is 10.5 Å². The zero-order chi connectivity index (χ0) is 17.7. The van der Waals surface area contributed by atoms with Gasteiger partial charge < -0.3 is 15.1 Å². The number of nitrogens with one attached hydrogen (secondary N) is 1. The second-order valence-electron chi connectivity index (χ2n) is 6.93. The minimum atomic E-state index is -0.0380. The molecule has 1 fully saturated rings. The van der Waals surface area contributed by atoms with E-state index in [-0.39, 0.29) is 6.03 Å². The highest BCUT2D eigenvalue weighted by molar-refractivity contribution is 6.30. The van der Waals surface area contributed by atoms with Crippen molar-refractivity contribution < 1.29 is 4.79 Å². The van der Waals surface area contributed by atoms with Crippen LogP contribution in [0.3, 0.4) is 0 Å². The van der Waals surface area contributed by atoms with Crippen molar-refractivity contribution in [2.24, 2.45) is 0 Å². The fraction of sp³-hybridized carbons (Fsp3) is 0.611.